The Labute approximate surface area is 144 Å². The minimum Gasteiger partial charge on any atom is -0.481 e. The van der Waals surface area contributed by atoms with Gasteiger partial charge in [-0.1, -0.05) is 42.5 Å². The Morgan fingerprint density at radius 3 is 2.40 bits per heavy atom. The summed E-state index contributed by atoms with van der Waals surface area (Å²) in [7, 11) is 0. The SMILES string of the molecule is O=C(O)C1CN(C(=O)OCc2ccccc2)CC1c1ccc(F)cc1. The molecule has 0 spiro atoms. The van der Waals surface area contributed by atoms with Crippen molar-refractivity contribution in [3.05, 3.63) is 71.5 Å². The van der Waals surface area contributed by atoms with Gasteiger partial charge < -0.3 is 14.7 Å². The van der Waals surface area contributed by atoms with Crippen molar-refractivity contribution >= 4 is 12.1 Å². The van der Waals surface area contributed by atoms with Crippen molar-refractivity contribution < 1.29 is 23.8 Å². The number of likely N-dealkylation sites (tertiary alicyclic amines) is 1. The molecular formula is C19H18FNO4. The Morgan fingerprint density at radius 2 is 1.76 bits per heavy atom. The fourth-order valence-electron chi connectivity index (χ4n) is 3.06. The highest BCUT2D eigenvalue weighted by Gasteiger charge is 2.41. The molecule has 0 radical (unpaired) electrons. The van der Waals surface area contributed by atoms with Gasteiger partial charge in [0.1, 0.15) is 12.4 Å². The van der Waals surface area contributed by atoms with E-state index in [1.54, 1.807) is 12.1 Å². The molecular weight excluding hydrogens is 325 g/mol. The van der Waals surface area contributed by atoms with E-state index in [4.69, 9.17) is 4.74 Å². The van der Waals surface area contributed by atoms with Crippen LogP contribution in [0.3, 0.4) is 0 Å². The lowest BCUT2D eigenvalue weighted by Crippen LogP contribution is -2.30. The van der Waals surface area contributed by atoms with Crippen molar-refractivity contribution in [3.8, 4) is 0 Å². The summed E-state index contributed by atoms with van der Waals surface area (Å²) in [5.74, 6) is -2.49. The fourth-order valence-corrected chi connectivity index (χ4v) is 3.06. The number of nitrogens with zero attached hydrogens (tertiary/aromatic N) is 1. The largest absolute Gasteiger partial charge is 0.481 e. The molecule has 1 fully saturated rings. The molecule has 6 heteroatoms. The predicted octanol–water partition coefficient (Wildman–Crippen LogP) is 3.26. The van der Waals surface area contributed by atoms with Crippen LogP contribution in [0.1, 0.15) is 17.0 Å². The number of carbonyl (C=O) groups excluding carboxylic acids is 1. The summed E-state index contributed by atoms with van der Waals surface area (Å²) in [6, 6.07) is 15.0. The Balaban J connectivity index is 1.68. The first-order chi connectivity index (χ1) is 12.0. The molecule has 25 heavy (non-hydrogen) atoms. The Morgan fingerprint density at radius 1 is 1.08 bits per heavy atom. The molecule has 5 nitrogen and oxygen atoms in total. The zero-order chi connectivity index (χ0) is 17.8. The van der Waals surface area contributed by atoms with Gasteiger partial charge in [0.15, 0.2) is 0 Å². The Bertz CT molecular complexity index is 748. The summed E-state index contributed by atoms with van der Waals surface area (Å²) in [6.45, 7) is 0.441. The van der Waals surface area contributed by atoms with Crippen LogP contribution in [-0.4, -0.2) is 35.2 Å². The summed E-state index contributed by atoms with van der Waals surface area (Å²) in [5, 5.41) is 9.45. The van der Waals surface area contributed by atoms with E-state index in [1.807, 2.05) is 30.3 Å². The van der Waals surface area contributed by atoms with Crippen molar-refractivity contribution in [1.82, 2.24) is 4.90 Å². The minimum absolute atomic E-state index is 0.0744. The fraction of sp³-hybridized carbons (Fsp3) is 0.263. The highest BCUT2D eigenvalue weighted by atomic mass is 19.1. The van der Waals surface area contributed by atoms with Gasteiger partial charge in [-0.3, -0.25) is 4.79 Å². The number of hydrogen-bond donors (Lipinski definition) is 1. The molecule has 1 aliphatic heterocycles. The Hall–Kier alpha value is -2.89. The van der Waals surface area contributed by atoms with Crippen LogP contribution in [0.4, 0.5) is 9.18 Å². The van der Waals surface area contributed by atoms with E-state index in [9.17, 15) is 19.1 Å². The van der Waals surface area contributed by atoms with Gasteiger partial charge >= 0.3 is 12.1 Å². The highest BCUT2D eigenvalue weighted by molar-refractivity contribution is 5.75. The number of halogens is 1. The molecule has 0 aromatic heterocycles. The van der Waals surface area contributed by atoms with E-state index in [0.717, 1.165) is 5.56 Å². The third-order valence-corrected chi connectivity index (χ3v) is 4.40. The second-order valence-corrected chi connectivity index (χ2v) is 6.05. The molecule has 1 heterocycles. The Kier molecular flexibility index (Phi) is 4.97. The minimum atomic E-state index is -0.979. The summed E-state index contributed by atoms with van der Waals surface area (Å²) >= 11 is 0. The van der Waals surface area contributed by atoms with Crippen LogP contribution >= 0.6 is 0 Å². The molecule has 130 valence electrons. The van der Waals surface area contributed by atoms with Gasteiger partial charge in [0.2, 0.25) is 0 Å². The first kappa shape index (κ1) is 17.0. The molecule has 1 saturated heterocycles. The van der Waals surface area contributed by atoms with Gasteiger partial charge in [-0.2, -0.15) is 0 Å². The van der Waals surface area contributed by atoms with Crippen LogP contribution in [0, 0.1) is 11.7 Å². The van der Waals surface area contributed by atoms with Gasteiger partial charge in [-0.15, -0.1) is 0 Å². The molecule has 1 amide bonds. The normalized spacial score (nSPS) is 19.6. The number of aliphatic carboxylic acids is 1. The molecule has 2 aromatic rings. The maximum Gasteiger partial charge on any atom is 0.410 e. The number of benzene rings is 2. The average molecular weight is 343 g/mol. The molecule has 2 atom stereocenters. The van der Waals surface area contributed by atoms with Crippen molar-refractivity contribution in [2.75, 3.05) is 13.1 Å². The smallest absolute Gasteiger partial charge is 0.410 e. The van der Waals surface area contributed by atoms with E-state index in [2.05, 4.69) is 0 Å². The first-order valence-corrected chi connectivity index (χ1v) is 7.98. The molecule has 2 unspecified atom stereocenters. The van der Waals surface area contributed by atoms with E-state index >= 15 is 0 Å². The van der Waals surface area contributed by atoms with Crippen molar-refractivity contribution in [1.29, 1.82) is 0 Å². The molecule has 0 bridgehead atoms. The molecule has 0 aliphatic carbocycles. The van der Waals surface area contributed by atoms with Crippen LogP contribution in [0.25, 0.3) is 0 Å². The van der Waals surface area contributed by atoms with Crippen LogP contribution in [0.15, 0.2) is 54.6 Å². The summed E-state index contributed by atoms with van der Waals surface area (Å²) in [6.07, 6.45) is -0.542. The predicted molar refractivity (Wildman–Crippen MR) is 88.5 cm³/mol. The lowest BCUT2D eigenvalue weighted by Gasteiger charge is -2.16. The monoisotopic (exact) mass is 343 g/mol. The lowest BCUT2D eigenvalue weighted by molar-refractivity contribution is -0.141. The summed E-state index contributed by atoms with van der Waals surface area (Å²) in [4.78, 5) is 25.2. The van der Waals surface area contributed by atoms with Gasteiger partial charge in [0, 0.05) is 19.0 Å². The number of carboxylic acid groups (broad SMARTS) is 1. The van der Waals surface area contributed by atoms with Crippen LogP contribution in [-0.2, 0) is 16.1 Å². The second-order valence-electron chi connectivity index (χ2n) is 6.05. The standard InChI is InChI=1S/C19H18FNO4/c20-15-8-6-14(7-9-15)16-10-21(11-17(16)18(22)23)19(24)25-12-13-4-2-1-3-5-13/h1-9,16-17H,10-12H2,(H,22,23). The number of carbonyl (C=O) groups is 2. The van der Waals surface area contributed by atoms with Crippen LogP contribution in [0.5, 0.6) is 0 Å². The van der Waals surface area contributed by atoms with Gasteiger partial charge in [-0.05, 0) is 23.3 Å². The average Bonchev–Trinajstić information content (AvgIpc) is 3.07. The molecule has 1 aliphatic rings. The van der Waals surface area contributed by atoms with Crippen LogP contribution < -0.4 is 0 Å². The maximum absolute atomic E-state index is 13.1. The quantitative estimate of drug-likeness (QED) is 0.925. The molecule has 2 aromatic carbocycles. The van der Waals surface area contributed by atoms with E-state index in [1.165, 1.54) is 17.0 Å². The number of ether oxygens (including phenoxy) is 1. The zero-order valence-electron chi connectivity index (χ0n) is 13.5. The number of rotatable bonds is 4. The second kappa shape index (κ2) is 7.34. The van der Waals surface area contributed by atoms with Gasteiger partial charge in [0.05, 0.1) is 5.92 Å². The number of amides is 1. The third kappa shape index (κ3) is 3.96. The van der Waals surface area contributed by atoms with E-state index in [0.29, 0.717) is 5.56 Å². The highest BCUT2D eigenvalue weighted by Crippen LogP contribution is 2.33. The molecule has 0 saturated carbocycles. The lowest BCUT2D eigenvalue weighted by atomic mass is 9.89. The molecule has 3 rings (SSSR count). The van der Waals surface area contributed by atoms with Crippen LogP contribution in [0.2, 0.25) is 0 Å². The summed E-state index contributed by atoms with van der Waals surface area (Å²) < 4.78 is 18.4. The van der Waals surface area contributed by atoms with Crippen molar-refractivity contribution in [2.24, 2.45) is 5.92 Å². The number of carboxylic acids is 1. The third-order valence-electron chi connectivity index (χ3n) is 4.40. The van der Waals surface area contributed by atoms with E-state index in [-0.39, 0.29) is 31.4 Å². The number of hydrogen-bond acceptors (Lipinski definition) is 3. The zero-order valence-corrected chi connectivity index (χ0v) is 13.5. The summed E-state index contributed by atoms with van der Waals surface area (Å²) in [5.41, 5.74) is 1.56. The van der Waals surface area contributed by atoms with Crippen molar-refractivity contribution in [2.45, 2.75) is 12.5 Å². The first-order valence-electron chi connectivity index (χ1n) is 7.98. The van der Waals surface area contributed by atoms with E-state index < -0.39 is 18.0 Å². The van der Waals surface area contributed by atoms with Gasteiger partial charge in [-0.25, -0.2) is 9.18 Å². The molecule has 1 N–H and O–H groups in total. The topological polar surface area (TPSA) is 66.8 Å². The van der Waals surface area contributed by atoms with Crippen molar-refractivity contribution in [3.63, 3.8) is 0 Å². The van der Waals surface area contributed by atoms with Gasteiger partial charge in [0.25, 0.3) is 0 Å². The maximum atomic E-state index is 13.1.